The maximum Gasteiger partial charge on any atom is 0.283 e. The SMILES string of the molecule is C=C(Br)CNc1cnn(CCO)c(=O)c1Br. The molecule has 0 spiro atoms. The number of hydrogen-bond acceptors (Lipinski definition) is 4. The van der Waals surface area contributed by atoms with Crippen LogP contribution in [0.15, 0.2) is 26.5 Å². The third-order valence-electron chi connectivity index (χ3n) is 1.77. The predicted molar refractivity (Wildman–Crippen MR) is 69.8 cm³/mol. The number of nitrogens with zero attached hydrogens (tertiary/aromatic N) is 2. The first-order valence-corrected chi connectivity index (χ1v) is 6.08. The van der Waals surface area contributed by atoms with Crippen LogP contribution in [-0.4, -0.2) is 28.0 Å². The van der Waals surface area contributed by atoms with E-state index in [0.717, 1.165) is 4.48 Å². The largest absolute Gasteiger partial charge is 0.394 e. The van der Waals surface area contributed by atoms with Crippen molar-refractivity contribution >= 4 is 37.5 Å². The molecule has 2 N–H and O–H groups in total. The second kappa shape index (κ2) is 6.17. The normalized spacial score (nSPS) is 10.2. The monoisotopic (exact) mass is 351 g/mol. The van der Waals surface area contributed by atoms with Gasteiger partial charge in [-0.2, -0.15) is 5.10 Å². The van der Waals surface area contributed by atoms with Crippen molar-refractivity contribution < 1.29 is 5.11 Å². The summed E-state index contributed by atoms with van der Waals surface area (Å²) in [6.45, 7) is 4.24. The van der Waals surface area contributed by atoms with E-state index >= 15 is 0 Å². The Balaban J connectivity index is 2.93. The van der Waals surface area contributed by atoms with Crippen molar-refractivity contribution in [3.05, 3.63) is 32.1 Å². The molecule has 1 aromatic rings. The highest BCUT2D eigenvalue weighted by Gasteiger charge is 2.07. The van der Waals surface area contributed by atoms with Crippen LogP contribution in [0.2, 0.25) is 0 Å². The Kier molecular flexibility index (Phi) is 5.17. The van der Waals surface area contributed by atoms with Gasteiger partial charge in [0.15, 0.2) is 0 Å². The smallest absolute Gasteiger partial charge is 0.283 e. The zero-order valence-electron chi connectivity index (χ0n) is 8.41. The van der Waals surface area contributed by atoms with Crippen molar-refractivity contribution in [3.8, 4) is 0 Å². The molecule has 5 nitrogen and oxygen atoms in total. The van der Waals surface area contributed by atoms with Crippen molar-refractivity contribution in [1.29, 1.82) is 0 Å². The predicted octanol–water partition coefficient (Wildman–Crippen LogP) is 1.32. The van der Waals surface area contributed by atoms with Gasteiger partial charge in [0.25, 0.3) is 5.56 Å². The van der Waals surface area contributed by atoms with Crippen LogP contribution < -0.4 is 10.9 Å². The summed E-state index contributed by atoms with van der Waals surface area (Å²) in [5, 5.41) is 15.6. The molecule has 0 aromatic carbocycles. The molecule has 0 aliphatic carbocycles. The highest BCUT2D eigenvalue weighted by Crippen LogP contribution is 2.16. The van der Waals surface area contributed by atoms with Gasteiger partial charge in [0, 0.05) is 11.0 Å². The summed E-state index contributed by atoms with van der Waals surface area (Å²) in [6, 6.07) is 0. The van der Waals surface area contributed by atoms with E-state index in [1.54, 1.807) is 0 Å². The standard InChI is InChI=1S/C9H11Br2N3O2/c1-6(10)4-12-7-5-13-14(2-3-15)9(16)8(7)11/h5,12,15H,1-4H2. The topological polar surface area (TPSA) is 67.2 Å². The lowest BCUT2D eigenvalue weighted by Gasteiger charge is -2.09. The highest BCUT2D eigenvalue weighted by atomic mass is 79.9. The number of aliphatic hydroxyl groups excluding tert-OH is 1. The number of aromatic nitrogens is 2. The van der Waals surface area contributed by atoms with E-state index in [4.69, 9.17) is 5.11 Å². The van der Waals surface area contributed by atoms with Gasteiger partial charge < -0.3 is 10.4 Å². The van der Waals surface area contributed by atoms with Crippen LogP contribution in [0.5, 0.6) is 0 Å². The van der Waals surface area contributed by atoms with Crippen molar-refractivity contribution in [2.24, 2.45) is 0 Å². The third kappa shape index (κ3) is 3.43. The van der Waals surface area contributed by atoms with Crippen LogP contribution >= 0.6 is 31.9 Å². The fourth-order valence-corrected chi connectivity index (χ4v) is 1.62. The molecule has 0 radical (unpaired) electrons. The number of anilines is 1. The summed E-state index contributed by atoms with van der Waals surface area (Å²) >= 11 is 6.39. The third-order valence-corrected chi connectivity index (χ3v) is 2.81. The van der Waals surface area contributed by atoms with Crippen LogP contribution in [0, 0.1) is 0 Å². The summed E-state index contributed by atoms with van der Waals surface area (Å²) in [6.07, 6.45) is 1.52. The Morgan fingerprint density at radius 1 is 1.69 bits per heavy atom. The molecule has 0 aliphatic rings. The lowest BCUT2D eigenvalue weighted by molar-refractivity contribution is 0.266. The van der Waals surface area contributed by atoms with E-state index < -0.39 is 0 Å². The van der Waals surface area contributed by atoms with Crippen molar-refractivity contribution in [2.45, 2.75) is 6.54 Å². The van der Waals surface area contributed by atoms with E-state index in [9.17, 15) is 4.79 Å². The summed E-state index contributed by atoms with van der Waals surface area (Å²) < 4.78 is 2.36. The number of aliphatic hydroxyl groups is 1. The van der Waals surface area contributed by atoms with E-state index in [1.807, 2.05) is 0 Å². The van der Waals surface area contributed by atoms with Crippen molar-refractivity contribution in [1.82, 2.24) is 9.78 Å². The number of nitrogens with one attached hydrogen (secondary N) is 1. The quantitative estimate of drug-likeness (QED) is 0.838. The summed E-state index contributed by atoms with van der Waals surface area (Å²) in [7, 11) is 0. The van der Waals surface area contributed by atoms with Crippen LogP contribution in [0.1, 0.15) is 0 Å². The molecule has 0 amide bonds. The molecule has 0 atom stereocenters. The van der Waals surface area contributed by atoms with Gasteiger partial charge in [-0.15, -0.1) is 0 Å². The van der Waals surface area contributed by atoms with Gasteiger partial charge in [0.05, 0.1) is 25.0 Å². The fourth-order valence-electron chi connectivity index (χ4n) is 1.03. The van der Waals surface area contributed by atoms with Gasteiger partial charge >= 0.3 is 0 Å². The molecule has 7 heteroatoms. The second-order valence-electron chi connectivity index (χ2n) is 2.99. The molecule has 1 heterocycles. The van der Waals surface area contributed by atoms with E-state index in [-0.39, 0.29) is 18.7 Å². The van der Waals surface area contributed by atoms with Crippen molar-refractivity contribution in [2.75, 3.05) is 18.5 Å². The second-order valence-corrected chi connectivity index (χ2v) is 4.91. The molecule has 88 valence electrons. The first kappa shape index (κ1) is 13.4. The first-order chi connectivity index (χ1) is 7.56. The van der Waals surface area contributed by atoms with E-state index in [1.165, 1.54) is 10.9 Å². The Hall–Kier alpha value is -0.660. The highest BCUT2D eigenvalue weighted by molar-refractivity contribution is 9.11. The van der Waals surface area contributed by atoms with Crippen LogP contribution in [0.4, 0.5) is 5.69 Å². The van der Waals surface area contributed by atoms with Crippen LogP contribution in [0.3, 0.4) is 0 Å². The Morgan fingerprint density at radius 2 is 2.38 bits per heavy atom. The molecule has 0 saturated carbocycles. The summed E-state index contributed by atoms with van der Waals surface area (Å²) in [5.74, 6) is 0. The van der Waals surface area contributed by atoms with E-state index in [0.29, 0.717) is 16.7 Å². The van der Waals surface area contributed by atoms with Crippen LogP contribution in [-0.2, 0) is 6.54 Å². The maximum atomic E-state index is 11.7. The molecule has 16 heavy (non-hydrogen) atoms. The maximum absolute atomic E-state index is 11.7. The van der Waals surface area contributed by atoms with Gasteiger partial charge in [-0.05, 0) is 15.9 Å². The number of rotatable bonds is 5. The summed E-state index contributed by atoms with van der Waals surface area (Å²) in [4.78, 5) is 11.7. The molecule has 0 saturated heterocycles. The zero-order valence-corrected chi connectivity index (χ0v) is 11.6. The Bertz CT molecular complexity index is 445. The molecule has 1 aromatic heterocycles. The van der Waals surface area contributed by atoms with E-state index in [2.05, 4.69) is 48.9 Å². The Labute approximate surface area is 109 Å². The average molecular weight is 353 g/mol. The zero-order chi connectivity index (χ0) is 12.1. The minimum Gasteiger partial charge on any atom is -0.394 e. The molecule has 1 rings (SSSR count). The fraction of sp³-hybridized carbons (Fsp3) is 0.333. The van der Waals surface area contributed by atoms with Gasteiger partial charge in [0.2, 0.25) is 0 Å². The lowest BCUT2D eigenvalue weighted by Crippen LogP contribution is -2.26. The van der Waals surface area contributed by atoms with Gasteiger partial charge in [-0.3, -0.25) is 4.79 Å². The van der Waals surface area contributed by atoms with Crippen molar-refractivity contribution in [3.63, 3.8) is 0 Å². The molecular formula is C9H11Br2N3O2. The van der Waals surface area contributed by atoms with Crippen LogP contribution in [0.25, 0.3) is 0 Å². The minimum absolute atomic E-state index is 0.121. The number of halogens is 2. The minimum atomic E-state index is -0.278. The first-order valence-electron chi connectivity index (χ1n) is 4.50. The number of hydrogen-bond donors (Lipinski definition) is 2. The molecule has 0 fully saturated rings. The Morgan fingerprint density at radius 3 is 2.94 bits per heavy atom. The summed E-state index contributed by atoms with van der Waals surface area (Å²) in [5.41, 5.74) is 0.319. The van der Waals surface area contributed by atoms with Gasteiger partial charge in [-0.1, -0.05) is 22.5 Å². The average Bonchev–Trinajstić information content (AvgIpc) is 2.24. The molecular weight excluding hydrogens is 342 g/mol. The van der Waals surface area contributed by atoms with Gasteiger partial charge in [0.1, 0.15) is 4.47 Å². The molecule has 0 unspecified atom stereocenters. The lowest BCUT2D eigenvalue weighted by atomic mass is 10.4. The molecule has 0 bridgehead atoms. The van der Waals surface area contributed by atoms with Gasteiger partial charge in [-0.25, -0.2) is 4.68 Å². The molecule has 0 aliphatic heterocycles.